The number of rotatable bonds is 4. The Balaban J connectivity index is 0.000000469. The van der Waals surface area contributed by atoms with Gasteiger partial charge in [-0.15, -0.1) is 0 Å². The highest BCUT2D eigenvalue weighted by atomic mass is 14.7. The zero-order valence-corrected chi connectivity index (χ0v) is 18.9. The molecule has 27 heavy (non-hydrogen) atoms. The van der Waals surface area contributed by atoms with Gasteiger partial charge < -0.3 is 0 Å². The lowest BCUT2D eigenvalue weighted by atomic mass is 9.92. The van der Waals surface area contributed by atoms with Crippen LogP contribution < -0.4 is 0 Å². The number of hydrogen-bond donors (Lipinski definition) is 0. The van der Waals surface area contributed by atoms with Crippen LogP contribution in [0.4, 0.5) is 5.69 Å². The van der Waals surface area contributed by atoms with Gasteiger partial charge in [0.15, 0.2) is 0 Å². The lowest BCUT2D eigenvalue weighted by molar-refractivity contribution is 0.731. The highest BCUT2D eigenvalue weighted by Gasteiger charge is 2.06. The van der Waals surface area contributed by atoms with Crippen molar-refractivity contribution in [3.63, 3.8) is 0 Å². The smallest absolute Gasteiger partial charge is 0.0654 e. The van der Waals surface area contributed by atoms with E-state index in [1.807, 2.05) is 33.1 Å². The van der Waals surface area contributed by atoms with Crippen molar-refractivity contribution >= 4 is 18.0 Å². The maximum absolute atomic E-state index is 4.22. The van der Waals surface area contributed by atoms with Crippen LogP contribution in [0, 0.1) is 20.8 Å². The summed E-state index contributed by atoms with van der Waals surface area (Å²) in [6.45, 7) is 18.9. The summed E-state index contributed by atoms with van der Waals surface area (Å²) in [4.78, 5) is 4.22. The SMILES string of the molecule is C/C=C\c1ccc(C)cc1C(C)CC.CC.CC=Nc1ccc(C)cc1C. The van der Waals surface area contributed by atoms with Crippen LogP contribution in [0.15, 0.2) is 47.5 Å². The van der Waals surface area contributed by atoms with Crippen molar-refractivity contribution in [3.05, 3.63) is 70.3 Å². The standard InChI is InChI=1S/C14H20.C10H13N.C2H6/c1-5-7-13-9-8-11(3)10-14(13)12(4)6-2;1-4-11-10-6-5-8(2)7-9(10)3;1-2/h5,7-10,12H,6H2,1-4H3;4-7H,1-3H3;1-2H3/b7-5-;;. The van der Waals surface area contributed by atoms with Gasteiger partial charge in [0, 0.05) is 6.21 Å². The number of benzene rings is 2. The molecule has 0 spiro atoms. The Bertz CT molecular complexity index is 723. The second kappa shape index (κ2) is 14.0. The minimum atomic E-state index is 0.654. The molecule has 1 nitrogen and oxygen atoms in total. The fourth-order valence-electron chi connectivity index (χ4n) is 2.76. The summed E-state index contributed by atoms with van der Waals surface area (Å²) in [5.41, 5.74) is 7.80. The molecule has 0 aliphatic carbocycles. The molecule has 0 heterocycles. The number of allylic oxidation sites excluding steroid dienone is 1. The van der Waals surface area contributed by atoms with Gasteiger partial charge in [-0.3, -0.25) is 4.99 Å². The molecule has 0 aromatic heterocycles. The van der Waals surface area contributed by atoms with Crippen molar-refractivity contribution in [2.75, 3.05) is 0 Å². The maximum atomic E-state index is 4.22. The molecular weight excluding hydrogens is 326 g/mol. The van der Waals surface area contributed by atoms with Crippen LogP contribution in [0.3, 0.4) is 0 Å². The Kier molecular flexibility index (Phi) is 12.9. The number of aliphatic imine (C=N–C) groups is 1. The Morgan fingerprint density at radius 3 is 2.04 bits per heavy atom. The first-order valence-corrected chi connectivity index (χ1v) is 10.2. The Labute approximate surface area is 168 Å². The molecule has 0 N–H and O–H groups in total. The number of aryl methyl sites for hydroxylation is 3. The third-order valence-corrected chi connectivity index (χ3v) is 4.35. The molecule has 0 saturated carbocycles. The van der Waals surface area contributed by atoms with Gasteiger partial charge in [0.2, 0.25) is 0 Å². The summed E-state index contributed by atoms with van der Waals surface area (Å²) in [6, 6.07) is 13.0. The summed E-state index contributed by atoms with van der Waals surface area (Å²) >= 11 is 0. The van der Waals surface area contributed by atoms with Crippen molar-refractivity contribution < 1.29 is 0 Å². The number of hydrogen-bond acceptors (Lipinski definition) is 1. The molecule has 1 unspecified atom stereocenters. The first-order valence-electron chi connectivity index (χ1n) is 10.2. The van der Waals surface area contributed by atoms with E-state index in [1.165, 1.54) is 34.2 Å². The largest absolute Gasteiger partial charge is 0.261 e. The summed E-state index contributed by atoms with van der Waals surface area (Å²) < 4.78 is 0. The third-order valence-electron chi connectivity index (χ3n) is 4.35. The zero-order chi connectivity index (χ0) is 20.8. The van der Waals surface area contributed by atoms with E-state index in [0.717, 1.165) is 5.69 Å². The second-order valence-corrected chi connectivity index (χ2v) is 6.62. The molecule has 0 aliphatic heterocycles. The number of nitrogens with zero attached hydrogens (tertiary/aromatic N) is 1. The summed E-state index contributed by atoms with van der Waals surface area (Å²) in [5.74, 6) is 0.654. The van der Waals surface area contributed by atoms with E-state index in [-0.39, 0.29) is 0 Å². The fraction of sp³-hybridized carbons (Fsp3) is 0.423. The van der Waals surface area contributed by atoms with Crippen molar-refractivity contribution in [1.29, 1.82) is 0 Å². The first-order chi connectivity index (χ1) is 12.9. The normalized spacial score (nSPS) is 11.6. The highest BCUT2D eigenvalue weighted by Crippen LogP contribution is 2.25. The van der Waals surface area contributed by atoms with E-state index >= 15 is 0 Å². The molecule has 1 atom stereocenters. The molecule has 0 amide bonds. The van der Waals surface area contributed by atoms with Gasteiger partial charge in [0.25, 0.3) is 0 Å². The molecule has 0 radical (unpaired) electrons. The second-order valence-electron chi connectivity index (χ2n) is 6.62. The van der Waals surface area contributed by atoms with E-state index in [1.54, 1.807) is 0 Å². The van der Waals surface area contributed by atoms with E-state index in [0.29, 0.717) is 5.92 Å². The van der Waals surface area contributed by atoms with Gasteiger partial charge >= 0.3 is 0 Å². The zero-order valence-electron chi connectivity index (χ0n) is 18.9. The van der Waals surface area contributed by atoms with Crippen LogP contribution in [0.5, 0.6) is 0 Å². The molecule has 2 aromatic rings. The van der Waals surface area contributed by atoms with Crippen LogP contribution in [-0.2, 0) is 0 Å². The molecular formula is C26H39N. The summed E-state index contributed by atoms with van der Waals surface area (Å²) in [5, 5.41) is 0. The van der Waals surface area contributed by atoms with E-state index < -0.39 is 0 Å². The van der Waals surface area contributed by atoms with E-state index in [4.69, 9.17) is 0 Å². The molecule has 2 aromatic carbocycles. The third kappa shape index (κ3) is 8.86. The van der Waals surface area contributed by atoms with Crippen LogP contribution in [-0.4, -0.2) is 6.21 Å². The lowest BCUT2D eigenvalue weighted by Gasteiger charge is -2.13. The minimum absolute atomic E-state index is 0.654. The molecule has 148 valence electrons. The average molecular weight is 366 g/mol. The molecule has 1 heteroatoms. The maximum Gasteiger partial charge on any atom is 0.0654 e. The Hall–Kier alpha value is -2.15. The van der Waals surface area contributed by atoms with Crippen LogP contribution in [0.2, 0.25) is 0 Å². The molecule has 0 fully saturated rings. The van der Waals surface area contributed by atoms with Crippen molar-refractivity contribution in [2.24, 2.45) is 4.99 Å². The van der Waals surface area contributed by atoms with Gasteiger partial charge in [-0.1, -0.05) is 81.3 Å². The van der Waals surface area contributed by atoms with Gasteiger partial charge in [-0.05, 0) is 69.7 Å². The fourth-order valence-corrected chi connectivity index (χ4v) is 2.76. The van der Waals surface area contributed by atoms with E-state index in [9.17, 15) is 0 Å². The summed E-state index contributed by atoms with van der Waals surface area (Å²) in [6.07, 6.45) is 7.32. The molecule has 0 saturated heterocycles. The van der Waals surface area contributed by atoms with Crippen LogP contribution >= 0.6 is 0 Å². The predicted octanol–water partition coefficient (Wildman–Crippen LogP) is 8.59. The van der Waals surface area contributed by atoms with Crippen molar-refractivity contribution in [3.8, 4) is 0 Å². The molecule has 0 bridgehead atoms. The highest BCUT2D eigenvalue weighted by molar-refractivity contribution is 5.62. The van der Waals surface area contributed by atoms with Gasteiger partial charge in [-0.25, -0.2) is 0 Å². The minimum Gasteiger partial charge on any atom is -0.261 e. The van der Waals surface area contributed by atoms with Crippen molar-refractivity contribution in [1.82, 2.24) is 0 Å². The Morgan fingerprint density at radius 1 is 0.926 bits per heavy atom. The van der Waals surface area contributed by atoms with Gasteiger partial charge in [0.05, 0.1) is 5.69 Å². The van der Waals surface area contributed by atoms with Gasteiger partial charge in [-0.2, -0.15) is 0 Å². The van der Waals surface area contributed by atoms with Crippen LogP contribution in [0.25, 0.3) is 6.08 Å². The quantitative estimate of drug-likeness (QED) is 0.481. The van der Waals surface area contributed by atoms with Gasteiger partial charge in [0.1, 0.15) is 0 Å². The molecule has 0 aliphatic rings. The average Bonchev–Trinajstić information content (AvgIpc) is 2.67. The van der Waals surface area contributed by atoms with E-state index in [2.05, 4.69) is 89.0 Å². The van der Waals surface area contributed by atoms with Crippen molar-refractivity contribution in [2.45, 2.75) is 74.7 Å². The Morgan fingerprint density at radius 2 is 1.52 bits per heavy atom. The topological polar surface area (TPSA) is 12.4 Å². The molecule has 2 rings (SSSR count). The monoisotopic (exact) mass is 365 g/mol. The summed E-state index contributed by atoms with van der Waals surface area (Å²) in [7, 11) is 0. The predicted molar refractivity (Wildman–Crippen MR) is 126 cm³/mol. The van der Waals surface area contributed by atoms with Crippen LogP contribution in [0.1, 0.15) is 81.7 Å². The lowest BCUT2D eigenvalue weighted by Crippen LogP contribution is -1.95. The first kappa shape index (κ1) is 24.8.